The molecule has 8 nitrogen and oxygen atoms in total. The molecule has 0 bridgehead atoms. The molecule has 2 N–H and O–H groups in total. The second kappa shape index (κ2) is 10.8. The monoisotopic (exact) mass is 615 g/mol. The van der Waals surface area contributed by atoms with Gasteiger partial charge in [-0.25, -0.2) is 17.2 Å². The first-order valence-corrected chi connectivity index (χ1v) is 15.3. The van der Waals surface area contributed by atoms with E-state index in [4.69, 9.17) is 9.15 Å². The zero-order chi connectivity index (χ0) is 31.3. The van der Waals surface area contributed by atoms with E-state index < -0.39 is 27.6 Å². The fraction of sp³-hybridized carbons (Fsp3) is 0.121. The number of para-hydroxylation sites is 1. The summed E-state index contributed by atoms with van der Waals surface area (Å²) in [5, 5.41) is 3.73. The van der Waals surface area contributed by atoms with Crippen molar-refractivity contribution in [2.24, 2.45) is 0 Å². The molecule has 0 atom stereocenters. The number of ether oxygens (including phenoxy) is 1. The van der Waals surface area contributed by atoms with E-state index in [1.807, 2.05) is 12.1 Å². The van der Waals surface area contributed by atoms with Crippen LogP contribution in [-0.4, -0.2) is 46.8 Å². The molecule has 0 unspecified atom stereocenters. The summed E-state index contributed by atoms with van der Waals surface area (Å²) in [5.74, 6) is -0.565. The number of carbonyl (C=O) groups is 1. The average Bonchev–Trinajstić information content (AvgIpc) is 3.62. The first-order chi connectivity index (χ1) is 21.0. The predicted molar refractivity (Wildman–Crippen MR) is 167 cm³/mol. The van der Waals surface area contributed by atoms with Crippen LogP contribution in [0, 0.1) is 11.6 Å². The number of nitrogens with one attached hydrogen (secondary N) is 2. The summed E-state index contributed by atoms with van der Waals surface area (Å²) in [6.45, 7) is 0. The Kier molecular flexibility index (Phi) is 7.13. The summed E-state index contributed by atoms with van der Waals surface area (Å²) in [7, 11) is 0.700. The summed E-state index contributed by atoms with van der Waals surface area (Å²) in [4.78, 5) is 16.3. The molecular weight excluding hydrogens is 588 g/mol. The van der Waals surface area contributed by atoms with Crippen molar-refractivity contribution >= 4 is 43.5 Å². The van der Waals surface area contributed by atoms with Gasteiger partial charge in [-0.05, 0) is 60.2 Å². The minimum atomic E-state index is -3.74. The standard InChI is InChI=1S/C33H27F2N3O5S/c1-36-33(39)30-24-16-22(19-10-13-28(42-3)23(14-19)26-15-20-6-5-7-25(35)31(20)37-26)27(38(2)44(4,40)41)17-29(24)43-32(30)18-8-11-21(34)12-9-18/h5-17,37H,1-4H3,(H,36,39). The number of aromatic amines is 1. The molecule has 0 radical (unpaired) electrons. The van der Waals surface area contributed by atoms with Crippen molar-refractivity contribution in [3.63, 3.8) is 0 Å². The van der Waals surface area contributed by atoms with Crippen molar-refractivity contribution in [2.45, 2.75) is 0 Å². The number of halogens is 2. The molecule has 1 amide bonds. The van der Waals surface area contributed by atoms with Crippen LogP contribution in [0.2, 0.25) is 0 Å². The van der Waals surface area contributed by atoms with E-state index >= 15 is 0 Å². The van der Waals surface area contributed by atoms with E-state index in [0.29, 0.717) is 55.7 Å². The number of rotatable bonds is 7. The molecule has 0 aliphatic heterocycles. The normalized spacial score (nSPS) is 11.7. The first kappa shape index (κ1) is 28.9. The van der Waals surface area contributed by atoms with Crippen molar-refractivity contribution in [1.82, 2.24) is 10.3 Å². The quantitative estimate of drug-likeness (QED) is 0.202. The molecule has 0 saturated carbocycles. The molecule has 11 heteroatoms. The molecule has 224 valence electrons. The van der Waals surface area contributed by atoms with Gasteiger partial charge in [0.15, 0.2) is 0 Å². The van der Waals surface area contributed by atoms with Gasteiger partial charge in [0.1, 0.15) is 28.7 Å². The van der Waals surface area contributed by atoms with Crippen LogP contribution in [0.4, 0.5) is 14.5 Å². The van der Waals surface area contributed by atoms with Gasteiger partial charge >= 0.3 is 0 Å². The third kappa shape index (κ3) is 4.94. The van der Waals surface area contributed by atoms with Gasteiger partial charge in [0, 0.05) is 47.6 Å². The molecule has 0 spiro atoms. The smallest absolute Gasteiger partial charge is 0.255 e. The number of hydrogen-bond donors (Lipinski definition) is 2. The molecule has 0 aliphatic rings. The lowest BCUT2D eigenvalue weighted by molar-refractivity contribution is 0.0964. The van der Waals surface area contributed by atoms with Gasteiger partial charge in [-0.15, -0.1) is 0 Å². The maximum Gasteiger partial charge on any atom is 0.255 e. The molecule has 6 rings (SSSR count). The van der Waals surface area contributed by atoms with Gasteiger partial charge in [0.25, 0.3) is 5.91 Å². The van der Waals surface area contributed by atoms with Gasteiger partial charge in [-0.3, -0.25) is 9.10 Å². The van der Waals surface area contributed by atoms with Gasteiger partial charge in [-0.2, -0.15) is 0 Å². The Morgan fingerprint density at radius 1 is 0.955 bits per heavy atom. The summed E-state index contributed by atoms with van der Waals surface area (Å²) < 4.78 is 66.7. The van der Waals surface area contributed by atoms with Crippen LogP contribution in [-0.2, 0) is 10.0 Å². The largest absolute Gasteiger partial charge is 0.496 e. The number of aromatic nitrogens is 1. The van der Waals surface area contributed by atoms with Crippen LogP contribution >= 0.6 is 0 Å². The van der Waals surface area contributed by atoms with E-state index in [-0.39, 0.29) is 16.9 Å². The second-order valence-electron chi connectivity index (χ2n) is 10.3. The van der Waals surface area contributed by atoms with Crippen molar-refractivity contribution in [3.05, 3.63) is 96.1 Å². The summed E-state index contributed by atoms with van der Waals surface area (Å²) >= 11 is 0. The highest BCUT2D eigenvalue weighted by Crippen LogP contribution is 2.43. The molecule has 4 aromatic carbocycles. The lowest BCUT2D eigenvalue weighted by Gasteiger charge is -2.21. The molecular formula is C33H27F2N3O5S. The van der Waals surface area contributed by atoms with Gasteiger partial charge in [-0.1, -0.05) is 18.2 Å². The van der Waals surface area contributed by atoms with Crippen molar-refractivity contribution < 1.29 is 31.1 Å². The molecule has 2 aromatic heterocycles. The van der Waals surface area contributed by atoms with Gasteiger partial charge in [0.2, 0.25) is 10.0 Å². The van der Waals surface area contributed by atoms with Crippen LogP contribution in [0.15, 0.2) is 83.3 Å². The number of benzene rings is 4. The SMILES string of the molecule is CNC(=O)c1c(-c2ccc(F)cc2)oc2cc(N(C)S(C)(=O)=O)c(-c3ccc(OC)c(-c4cc5cccc(F)c5[nH]4)c3)cc12. The first-order valence-electron chi connectivity index (χ1n) is 13.5. The Morgan fingerprint density at radius 3 is 2.34 bits per heavy atom. The van der Waals surface area contributed by atoms with E-state index in [2.05, 4.69) is 10.3 Å². The van der Waals surface area contributed by atoms with Crippen molar-refractivity contribution in [3.8, 4) is 39.5 Å². The van der Waals surface area contributed by atoms with E-state index in [9.17, 15) is 22.0 Å². The Balaban J connectivity index is 1.64. The maximum absolute atomic E-state index is 14.5. The highest BCUT2D eigenvalue weighted by atomic mass is 32.2. The maximum atomic E-state index is 14.5. The van der Waals surface area contributed by atoms with Crippen LogP contribution in [0.3, 0.4) is 0 Å². The summed E-state index contributed by atoms with van der Waals surface area (Å²) in [6.07, 6.45) is 1.08. The van der Waals surface area contributed by atoms with Gasteiger partial charge < -0.3 is 19.5 Å². The number of amides is 1. The highest BCUT2D eigenvalue weighted by Gasteiger charge is 2.26. The number of hydrogen-bond acceptors (Lipinski definition) is 5. The summed E-state index contributed by atoms with van der Waals surface area (Å²) in [5.41, 5.74) is 3.86. The van der Waals surface area contributed by atoms with E-state index in [1.165, 1.54) is 51.5 Å². The average molecular weight is 616 g/mol. The second-order valence-corrected chi connectivity index (χ2v) is 12.3. The fourth-order valence-corrected chi connectivity index (χ4v) is 5.82. The van der Waals surface area contributed by atoms with Crippen LogP contribution in [0.5, 0.6) is 5.75 Å². The number of sulfonamides is 1. The molecule has 6 aromatic rings. The number of nitrogens with zero attached hydrogens (tertiary/aromatic N) is 1. The Hall–Kier alpha value is -5.16. The Labute approximate surface area is 251 Å². The number of methoxy groups -OCH3 is 1. The molecule has 0 fully saturated rings. The van der Waals surface area contributed by atoms with Crippen LogP contribution in [0.1, 0.15) is 10.4 Å². The van der Waals surface area contributed by atoms with Gasteiger partial charge in [0.05, 0.1) is 35.8 Å². The third-order valence-electron chi connectivity index (χ3n) is 7.61. The third-order valence-corrected chi connectivity index (χ3v) is 8.80. The molecule has 44 heavy (non-hydrogen) atoms. The van der Waals surface area contributed by atoms with E-state index in [1.54, 1.807) is 36.4 Å². The minimum absolute atomic E-state index is 0.208. The number of H-pyrrole nitrogens is 1. The number of furan rings is 1. The minimum Gasteiger partial charge on any atom is -0.496 e. The lowest BCUT2D eigenvalue weighted by atomic mass is 9.96. The number of fused-ring (bicyclic) bond motifs is 2. The fourth-order valence-electron chi connectivity index (χ4n) is 5.31. The number of carbonyl (C=O) groups excluding carboxylic acids is 1. The van der Waals surface area contributed by atoms with E-state index in [0.717, 1.165) is 10.6 Å². The zero-order valence-electron chi connectivity index (χ0n) is 24.2. The molecule has 2 heterocycles. The molecule has 0 saturated heterocycles. The zero-order valence-corrected chi connectivity index (χ0v) is 25.0. The Bertz CT molecular complexity index is 2190. The molecule has 0 aliphatic carbocycles. The lowest BCUT2D eigenvalue weighted by Crippen LogP contribution is -2.25. The Morgan fingerprint density at radius 2 is 1.68 bits per heavy atom. The highest BCUT2D eigenvalue weighted by molar-refractivity contribution is 7.92. The predicted octanol–water partition coefficient (Wildman–Crippen LogP) is 6.96. The van der Waals surface area contributed by atoms with Crippen molar-refractivity contribution in [2.75, 3.05) is 31.8 Å². The number of anilines is 1. The van der Waals surface area contributed by atoms with Crippen LogP contribution in [0.25, 0.3) is 55.6 Å². The summed E-state index contributed by atoms with van der Waals surface area (Å²) in [6, 6.07) is 20.7. The topological polar surface area (TPSA) is 105 Å². The van der Waals surface area contributed by atoms with Crippen molar-refractivity contribution in [1.29, 1.82) is 0 Å². The van der Waals surface area contributed by atoms with Crippen LogP contribution < -0.4 is 14.4 Å².